The third-order valence-electron chi connectivity index (χ3n) is 2.97. The fourth-order valence-electron chi connectivity index (χ4n) is 2.10. The minimum Gasteiger partial charge on any atom is -0.309 e. The quantitative estimate of drug-likeness (QED) is 0.793. The molecule has 0 aromatic carbocycles. The van der Waals surface area contributed by atoms with Crippen molar-refractivity contribution in [3.8, 4) is 0 Å². The fraction of sp³-hybridized carbons (Fsp3) is 0.545. The van der Waals surface area contributed by atoms with Crippen molar-refractivity contribution in [2.24, 2.45) is 0 Å². The van der Waals surface area contributed by atoms with Crippen molar-refractivity contribution >= 4 is 10.1 Å². The first kappa shape index (κ1) is 12.5. The Morgan fingerprint density at radius 3 is 2.94 bits per heavy atom. The Bertz CT molecular complexity index is 513. The number of aromatic nitrogens is 1. The Balaban J connectivity index is 2.29. The van der Waals surface area contributed by atoms with Gasteiger partial charge in [0, 0.05) is 24.7 Å². The van der Waals surface area contributed by atoms with Gasteiger partial charge in [-0.25, -0.2) is 4.98 Å². The molecule has 0 aliphatic carbocycles. The minimum atomic E-state index is -4.20. The van der Waals surface area contributed by atoms with Crippen LogP contribution in [0.4, 0.5) is 0 Å². The normalized spacial score (nSPS) is 20.0. The molecule has 0 saturated carbocycles. The minimum absolute atomic E-state index is 0.256. The lowest BCUT2D eigenvalue weighted by atomic mass is 9.98. The molecule has 1 atom stereocenters. The average Bonchev–Trinajstić information content (AvgIpc) is 2.27. The topological polar surface area (TPSA) is 79.3 Å². The van der Waals surface area contributed by atoms with Crippen molar-refractivity contribution < 1.29 is 13.0 Å². The Kier molecular flexibility index (Phi) is 3.46. The van der Waals surface area contributed by atoms with Crippen LogP contribution in [-0.4, -0.2) is 24.0 Å². The molecule has 1 aliphatic rings. The maximum absolute atomic E-state index is 11.0. The van der Waals surface area contributed by atoms with Crippen molar-refractivity contribution in [1.82, 2.24) is 10.3 Å². The van der Waals surface area contributed by atoms with E-state index in [0.29, 0.717) is 19.0 Å². The molecular formula is C11H16N2O3S. The van der Waals surface area contributed by atoms with Crippen LogP contribution < -0.4 is 5.32 Å². The molecule has 2 heterocycles. The smallest absolute Gasteiger partial charge is 0.309 e. The molecule has 2 N–H and O–H groups in total. The van der Waals surface area contributed by atoms with Gasteiger partial charge in [-0.3, -0.25) is 4.55 Å². The fourth-order valence-corrected chi connectivity index (χ4v) is 2.57. The van der Waals surface area contributed by atoms with E-state index in [0.717, 1.165) is 24.1 Å². The maximum Gasteiger partial charge on any atom is 0.312 e. The second kappa shape index (κ2) is 4.72. The number of pyridine rings is 1. The Labute approximate surface area is 101 Å². The van der Waals surface area contributed by atoms with Crippen LogP contribution >= 0.6 is 0 Å². The first-order chi connectivity index (χ1) is 8.00. The Hall–Kier alpha value is -0.980. The third-order valence-corrected chi connectivity index (χ3v) is 3.72. The summed E-state index contributed by atoms with van der Waals surface area (Å²) in [6.45, 7) is 2.82. The number of nitrogens with zero attached hydrogens (tertiary/aromatic N) is 1. The first-order valence-electron chi connectivity index (χ1n) is 5.70. The summed E-state index contributed by atoms with van der Waals surface area (Å²) in [7, 11) is -4.20. The van der Waals surface area contributed by atoms with E-state index in [1.165, 1.54) is 6.07 Å². The van der Waals surface area contributed by atoms with Gasteiger partial charge < -0.3 is 5.32 Å². The van der Waals surface area contributed by atoms with Crippen LogP contribution in [0.5, 0.6) is 0 Å². The third kappa shape index (κ3) is 2.83. The van der Waals surface area contributed by atoms with Gasteiger partial charge in [0.25, 0.3) is 0 Å². The zero-order valence-corrected chi connectivity index (χ0v) is 10.5. The van der Waals surface area contributed by atoms with Crippen LogP contribution in [0.2, 0.25) is 0 Å². The van der Waals surface area contributed by atoms with E-state index in [1.54, 1.807) is 6.07 Å². The van der Waals surface area contributed by atoms with E-state index in [2.05, 4.69) is 17.2 Å². The van der Waals surface area contributed by atoms with Gasteiger partial charge >= 0.3 is 10.1 Å². The molecule has 1 unspecified atom stereocenters. The van der Waals surface area contributed by atoms with Crippen LogP contribution in [0.1, 0.15) is 31.0 Å². The second-order valence-electron chi connectivity index (χ2n) is 4.30. The molecule has 6 heteroatoms. The van der Waals surface area contributed by atoms with E-state index in [1.807, 2.05) is 0 Å². The highest BCUT2D eigenvalue weighted by atomic mass is 32.2. The van der Waals surface area contributed by atoms with Crippen molar-refractivity contribution in [2.75, 3.05) is 0 Å². The molecule has 0 saturated heterocycles. The van der Waals surface area contributed by atoms with Crippen molar-refractivity contribution in [2.45, 2.75) is 43.8 Å². The van der Waals surface area contributed by atoms with Crippen molar-refractivity contribution in [3.05, 3.63) is 23.4 Å². The van der Waals surface area contributed by atoms with Gasteiger partial charge in [0.15, 0.2) is 5.03 Å². The van der Waals surface area contributed by atoms with Gasteiger partial charge in [0.2, 0.25) is 0 Å². The zero-order chi connectivity index (χ0) is 12.5. The largest absolute Gasteiger partial charge is 0.312 e. The first-order valence-corrected chi connectivity index (χ1v) is 7.14. The number of hydrogen-bond acceptors (Lipinski definition) is 4. The summed E-state index contributed by atoms with van der Waals surface area (Å²) in [5.41, 5.74) is 1.78. The Morgan fingerprint density at radius 1 is 1.53 bits per heavy atom. The van der Waals surface area contributed by atoms with Gasteiger partial charge in [-0.2, -0.15) is 8.42 Å². The average molecular weight is 256 g/mol. The summed E-state index contributed by atoms with van der Waals surface area (Å²) in [5, 5.41) is 3.13. The Morgan fingerprint density at radius 2 is 2.29 bits per heavy atom. The molecular weight excluding hydrogens is 240 g/mol. The van der Waals surface area contributed by atoms with Gasteiger partial charge in [-0.05, 0) is 18.1 Å². The molecule has 0 radical (unpaired) electrons. The lowest BCUT2D eigenvalue weighted by Gasteiger charge is -2.25. The SMILES string of the molecule is CCCC1Cc2nc(S(=O)(=O)O)ccc2CN1. The zero-order valence-electron chi connectivity index (χ0n) is 9.68. The lowest BCUT2D eigenvalue weighted by molar-refractivity contribution is 0.437. The predicted octanol–water partition coefficient (Wildman–Crippen LogP) is 1.14. The standard InChI is InChI=1S/C11H16N2O3S/c1-2-3-9-6-10-8(7-12-9)4-5-11(13-10)17(14,15)16/h4-5,9,12H,2-3,6-7H2,1H3,(H,14,15,16). The maximum atomic E-state index is 11.0. The molecule has 2 rings (SSSR count). The predicted molar refractivity (Wildman–Crippen MR) is 63.3 cm³/mol. The van der Waals surface area contributed by atoms with Crippen LogP contribution in [0.15, 0.2) is 17.2 Å². The van der Waals surface area contributed by atoms with E-state index in [9.17, 15) is 8.42 Å². The molecule has 0 fully saturated rings. The van der Waals surface area contributed by atoms with Crippen molar-refractivity contribution in [1.29, 1.82) is 0 Å². The van der Waals surface area contributed by atoms with E-state index in [-0.39, 0.29) is 5.03 Å². The summed E-state index contributed by atoms with van der Waals surface area (Å²) >= 11 is 0. The summed E-state index contributed by atoms with van der Waals surface area (Å²) in [6.07, 6.45) is 2.83. The summed E-state index contributed by atoms with van der Waals surface area (Å²) in [6, 6.07) is 3.40. The van der Waals surface area contributed by atoms with E-state index in [4.69, 9.17) is 4.55 Å². The molecule has 0 bridgehead atoms. The van der Waals surface area contributed by atoms with Gasteiger partial charge in [0.1, 0.15) is 0 Å². The van der Waals surface area contributed by atoms with Gasteiger partial charge in [-0.1, -0.05) is 19.4 Å². The van der Waals surface area contributed by atoms with Crippen LogP contribution in [0.25, 0.3) is 0 Å². The summed E-state index contributed by atoms with van der Waals surface area (Å²) < 4.78 is 31.0. The van der Waals surface area contributed by atoms with Crippen LogP contribution in [0, 0.1) is 0 Å². The van der Waals surface area contributed by atoms with Gasteiger partial charge in [-0.15, -0.1) is 0 Å². The van der Waals surface area contributed by atoms with E-state index < -0.39 is 10.1 Å². The van der Waals surface area contributed by atoms with Crippen LogP contribution in [0.3, 0.4) is 0 Å². The molecule has 1 aromatic rings. The lowest BCUT2D eigenvalue weighted by Crippen LogP contribution is -2.36. The number of fused-ring (bicyclic) bond motifs is 1. The number of rotatable bonds is 3. The number of nitrogens with one attached hydrogen (secondary N) is 1. The molecule has 0 amide bonds. The molecule has 1 aliphatic heterocycles. The summed E-state index contributed by atoms with van der Waals surface area (Å²) in [5.74, 6) is 0. The second-order valence-corrected chi connectivity index (χ2v) is 5.67. The molecule has 1 aromatic heterocycles. The molecule has 0 spiro atoms. The monoisotopic (exact) mass is 256 g/mol. The van der Waals surface area contributed by atoms with Crippen LogP contribution in [-0.2, 0) is 23.1 Å². The molecule has 94 valence electrons. The van der Waals surface area contributed by atoms with E-state index >= 15 is 0 Å². The highest BCUT2D eigenvalue weighted by Crippen LogP contribution is 2.19. The summed E-state index contributed by atoms with van der Waals surface area (Å²) in [4.78, 5) is 4.04. The van der Waals surface area contributed by atoms with Gasteiger partial charge in [0.05, 0.1) is 0 Å². The molecule has 5 nitrogen and oxygen atoms in total. The highest BCUT2D eigenvalue weighted by molar-refractivity contribution is 7.85. The number of hydrogen-bond donors (Lipinski definition) is 2. The molecule has 17 heavy (non-hydrogen) atoms. The van der Waals surface area contributed by atoms with Crippen molar-refractivity contribution in [3.63, 3.8) is 0 Å². The highest BCUT2D eigenvalue weighted by Gasteiger charge is 2.21.